The van der Waals surface area contributed by atoms with Crippen LogP contribution in [0.15, 0.2) is 91.0 Å². The SMILES string of the molecule is CC[C@H](CCCc1ccccc1)CC(=O)N(Cc1ccccc1)c1ccccc1. The summed E-state index contributed by atoms with van der Waals surface area (Å²) in [7, 11) is 0. The van der Waals surface area contributed by atoms with Crippen molar-refractivity contribution in [3.8, 4) is 0 Å². The molecule has 0 heterocycles. The third kappa shape index (κ3) is 6.60. The molecule has 0 saturated heterocycles. The Balaban J connectivity index is 1.63. The van der Waals surface area contributed by atoms with Gasteiger partial charge in [-0.1, -0.05) is 92.2 Å². The van der Waals surface area contributed by atoms with Crippen molar-refractivity contribution in [2.24, 2.45) is 5.92 Å². The molecular formula is C27H31NO. The molecule has 1 atom stereocenters. The first-order valence-electron chi connectivity index (χ1n) is 10.7. The van der Waals surface area contributed by atoms with Crippen LogP contribution in [-0.2, 0) is 17.8 Å². The van der Waals surface area contributed by atoms with Crippen LogP contribution >= 0.6 is 0 Å². The summed E-state index contributed by atoms with van der Waals surface area (Å²) >= 11 is 0. The Morgan fingerprint density at radius 2 is 1.34 bits per heavy atom. The van der Waals surface area contributed by atoms with Gasteiger partial charge in [0.05, 0.1) is 6.54 Å². The Bertz CT molecular complexity index is 845. The van der Waals surface area contributed by atoms with E-state index in [4.69, 9.17) is 0 Å². The minimum absolute atomic E-state index is 0.214. The number of rotatable bonds is 10. The second-order valence-electron chi connectivity index (χ2n) is 7.66. The van der Waals surface area contributed by atoms with E-state index >= 15 is 0 Å². The number of carbonyl (C=O) groups is 1. The smallest absolute Gasteiger partial charge is 0.227 e. The summed E-state index contributed by atoms with van der Waals surface area (Å²) in [5, 5.41) is 0. The van der Waals surface area contributed by atoms with Crippen molar-refractivity contribution in [2.45, 2.75) is 45.6 Å². The van der Waals surface area contributed by atoms with Crippen LogP contribution < -0.4 is 4.90 Å². The van der Waals surface area contributed by atoms with Crippen LogP contribution in [0.2, 0.25) is 0 Å². The Morgan fingerprint density at radius 3 is 1.93 bits per heavy atom. The van der Waals surface area contributed by atoms with E-state index in [9.17, 15) is 4.79 Å². The molecule has 29 heavy (non-hydrogen) atoms. The highest BCUT2D eigenvalue weighted by molar-refractivity contribution is 5.93. The maximum Gasteiger partial charge on any atom is 0.227 e. The predicted molar refractivity (Wildman–Crippen MR) is 122 cm³/mol. The van der Waals surface area contributed by atoms with Gasteiger partial charge in [-0.05, 0) is 48.4 Å². The number of anilines is 1. The summed E-state index contributed by atoms with van der Waals surface area (Å²) in [6.45, 7) is 2.81. The van der Waals surface area contributed by atoms with Gasteiger partial charge in [0.25, 0.3) is 0 Å². The predicted octanol–water partition coefficient (Wildman–Crippen LogP) is 6.66. The highest BCUT2D eigenvalue weighted by Crippen LogP contribution is 2.23. The van der Waals surface area contributed by atoms with E-state index in [0.717, 1.165) is 36.9 Å². The first kappa shape index (κ1) is 20.9. The molecule has 0 saturated carbocycles. The van der Waals surface area contributed by atoms with Crippen molar-refractivity contribution in [3.63, 3.8) is 0 Å². The zero-order valence-electron chi connectivity index (χ0n) is 17.3. The molecule has 0 aromatic heterocycles. The Kier molecular flexibility index (Phi) is 8.06. The summed E-state index contributed by atoms with van der Waals surface area (Å²) < 4.78 is 0. The van der Waals surface area contributed by atoms with Crippen LogP contribution in [0.25, 0.3) is 0 Å². The molecule has 0 fully saturated rings. The lowest BCUT2D eigenvalue weighted by atomic mass is 9.93. The van der Waals surface area contributed by atoms with E-state index in [0.29, 0.717) is 18.9 Å². The number of benzene rings is 3. The minimum Gasteiger partial charge on any atom is -0.308 e. The fraction of sp³-hybridized carbons (Fsp3) is 0.296. The summed E-state index contributed by atoms with van der Waals surface area (Å²) in [5.74, 6) is 0.639. The lowest BCUT2D eigenvalue weighted by molar-refractivity contribution is -0.119. The number of nitrogens with zero attached hydrogens (tertiary/aromatic N) is 1. The molecule has 0 aliphatic heterocycles. The van der Waals surface area contributed by atoms with Gasteiger partial charge in [0, 0.05) is 12.1 Å². The first-order chi connectivity index (χ1) is 14.3. The van der Waals surface area contributed by atoms with Crippen molar-refractivity contribution < 1.29 is 4.79 Å². The van der Waals surface area contributed by atoms with Gasteiger partial charge in [-0.3, -0.25) is 4.79 Å². The molecule has 0 unspecified atom stereocenters. The lowest BCUT2D eigenvalue weighted by Crippen LogP contribution is -2.31. The van der Waals surface area contributed by atoms with Gasteiger partial charge < -0.3 is 4.90 Å². The normalized spacial score (nSPS) is 11.8. The molecule has 0 spiro atoms. The Morgan fingerprint density at radius 1 is 0.793 bits per heavy atom. The summed E-state index contributed by atoms with van der Waals surface area (Å²) in [6.07, 6.45) is 4.93. The largest absolute Gasteiger partial charge is 0.308 e. The van der Waals surface area contributed by atoms with Crippen LogP contribution in [0, 0.1) is 5.92 Å². The molecule has 0 aliphatic rings. The third-order valence-corrected chi connectivity index (χ3v) is 5.51. The molecule has 2 nitrogen and oxygen atoms in total. The van der Waals surface area contributed by atoms with Gasteiger partial charge in [-0.2, -0.15) is 0 Å². The second kappa shape index (κ2) is 11.2. The van der Waals surface area contributed by atoms with Gasteiger partial charge in [0.2, 0.25) is 5.91 Å². The van der Waals surface area contributed by atoms with Crippen molar-refractivity contribution in [2.75, 3.05) is 4.90 Å². The molecule has 0 bridgehead atoms. The second-order valence-corrected chi connectivity index (χ2v) is 7.66. The zero-order chi connectivity index (χ0) is 20.3. The van der Waals surface area contributed by atoms with Gasteiger partial charge in [-0.25, -0.2) is 0 Å². The molecule has 3 aromatic rings. The van der Waals surface area contributed by atoms with Gasteiger partial charge in [0.1, 0.15) is 0 Å². The van der Waals surface area contributed by atoms with E-state index in [2.05, 4.69) is 49.4 Å². The number of carbonyl (C=O) groups excluding carboxylic acids is 1. The maximum absolute atomic E-state index is 13.3. The van der Waals surface area contributed by atoms with Gasteiger partial charge in [0.15, 0.2) is 0 Å². The maximum atomic E-state index is 13.3. The van der Waals surface area contributed by atoms with E-state index < -0.39 is 0 Å². The standard InChI is InChI=1S/C27H31NO/c1-2-23(17-12-18-24-13-6-3-7-14-24)21-27(29)28(26-19-10-5-11-20-26)22-25-15-8-4-9-16-25/h3-11,13-16,19-20,23H,2,12,17-18,21-22H2,1H3/t23-/m1/s1. The molecule has 0 radical (unpaired) electrons. The zero-order valence-corrected chi connectivity index (χ0v) is 17.3. The third-order valence-electron chi connectivity index (χ3n) is 5.51. The summed E-state index contributed by atoms with van der Waals surface area (Å²) in [6, 6.07) is 30.9. The van der Waals surface area contributed by atoms with E-state index in [1.807, 2.05) is 53.4 Å². The van der Waals surface area contributed by atoms with Crippen LogP contribution in [0.3, 0.4) is 0 Å². The highest BCUT2D eigenvalue weighted by Gasteiger charge is 2.20. The molecule has 3 rings (SSSR count). The molecule has 2 heteroatoms. The first-order valence-corrected chi connectivity index (χ1v) is 10.7. The van der Waals surface area contributed by atoms with Crippen LogP contribution in [0.1, 0.15) is 43.7 Å². The van der Waals surface area contributed by atoms with Crippen molar-refractivity contribution in [1.29, 1.82) is 0 Å². The minimum atomic E-state index is 0.214. The molecule has 0 aliphatic carbocycles. The fourth-order valence-electron chi connectivity index (χ4n) is 3.74. The summed E-state index contributed by atoms with van der Waals surface area (Å²) in [5.41, 5.74) is 3.51. The number of aryl methyl sites for hydroxylation is 1. The number of para-hydroxylation sites is 1. The van der Waals surface area contributed by atoms with Gasteiger partial charge in [-0.15, -0.1) is 0 Å². The van der Waals surface area contributed by atoms with Crippen molar-refractivity contribution in [3.05, 3.63) is 102 Å². The molecular weight excluding hydrogens is 354 g/mol. The summed E-state index contributed by atoms with van der Waals surface area (Å²) in [4.78, 5) is 15.2. The molecule has 0 N–H and O–H groups in total. The number of amides is 1. The van der Waals surface area contributed by atoms with E-state index in [1.165, 1.54) is 5.56 Å². The monoisotopic (exact) mass is 385 g/mol. The van der Waals surface area contributed by atoms with E-state index in [1.54, 1.807) is 0 Å². The van der Waals surface area contributed by atoms with E-state index in [-0.39, 0.29) is 5.91 Å². The van der Waals surface area contributed by atoms with Crippen LogP contribution in [0.5, 0.6) is 0 Å². The average Bonchev–Trinajstić information content (AvgIpc) is 2.78. The quantitative estimate of drug-likeness (QED) is 0.382. The molecule has 1 amide bonds. The fourth-order valence-corrected chi connectivity index (χ4v) is 3.74. The number of hydrogen-bond donors (Lipinski definition) is 0. The van der Waals surface area contributed by atoms with Crippen molar-refractivity contribution >= 4 is 11.6 Å². The van der Waals surface area contributed by atoms with Crippen LogP contribution in [-0.4, -0.2) is 5.91 Å². The topological polar surface area (TPSA) is 20.3 Å². The Labute approximate surface area is 175 Å². The van der Waals surface area contributed by atoms with Crippen molar-refractivity contribution in [1.82, 2.24) is 0 Å². The average molecular weight is 386 g/mol. The number of hydrogen-bond acceptors (Lipinski definition) is 1. The Hall–Kier alpha value is -2.87. The van der Waals surface area contributed by atoms with Gasteiger partial charge >= 0.3 is 0 Å². The molecule has 3 aromatic carbocycles. The highest BCUT2D eigenvalue weighted by atomic mass is 16.2. The molecule has 150 valence electrons. The van der Waals surface area contributed by atoms with Crippen LogP contribution in [0.4, 0.5) is 5.69 Å². The lowest BCUT2D eigenvalue weighted by Gasteiger charge is -2.25.